The van der Waals surface area contributed by atoms with Gasteiger partial charge in [-0.15, -0.1) is 0 Å². The summed E-state index contributed by atoms with van der Waals surface area (Å²) in [6.07, 6.45) is 0. The van der Waals surface area contributed by atoms with Gasteiger partial charge < -0.3 is 4.74 Å². The minimum Gasteiger partial charge on any atom is -0.432 e. The molecule has 1 aromatic rings. The molecule has 0 aromatic heterocycles. The van der Waals surface area contributed by atoms with E-state index in [9.17, 15) is 17.6 Å². The van der Waals surface area contributed by atoms with Crippen molar-refractivity contribution in [3.8, 4) is 5.75 Å². The van der Waals surface area contributed by atoms with Gasteiger partial charge in [-0.25, -0.2) is 4.39 Å². The second kappa shape index (κ2) is 4.12. The van der Waals surface area contributed by atoms with Crippen LogP contribution >= 0.6 is 22.6 Å². The van der Waals surface area contributed by atoms with Gasteiger partial charge in [-0.05, 0) is 34.7 Å². The van der Waals surface area contributed by atoms with Crippen LogP contribution in [0.25, 0.3) is 0 Å². The zero-order valence-electron chi connectivity index (χ0n) is 6.03. The molecule has 0 aliphatic heterocycles. The Balaban J connectivity index is 3.04. The lowest BCUT2D eigenvalue weighted by Crippen LogP contribution is -2.05. The average molecular weight is 306 g/mol. The van der Waals surface area contributed by atoms with E-state index in [2.05, 4.69) is 4.74 Å². The van der Waals surface area contributed by atoms with Crippen LogP contribution in [0.3, 0.4) is 0 Å². The Morgan fingerprint density at radius 3 is 2.31 bits per heavy atom. The van der Waals surface area contributed by atoms with E-state index in [4.69, 9.17) is 0 Å². The predicted octanol–water partition coefficient (Wildman–Crippen LogP) is 3.17. The number of alkyl halides is 2. The van der Waals surface area contributed by atoms with Crippen molar-refractivity contribution < 1.29 is 22.3 Å². The molecular weight excluding hydrogens is 303 g/mol. The van der Waals surface area contributed by atoms with Crippen LogP contribution in [0, 0.1) is 15.2 Å². The molecule has 0 atom stereocenters. The first-order valence-corrected chi connectivity index (χ1v) is 4.18. The van der Waals surface area contributed by atoms with Gasteiger partial charge in [0.15, 0.2) is 11.6 Å². The number of ether oxygens (including phenoxy) is 1. The largest absolute Gasteiger partial charge is 0.432 e. The van der Waals surface area contributed by atoms with Crippen molar-refractivity contribution in [3.05, 3.63) is 27.3 Å². The van der Waals surface area contributed by atoms with Crippen molar-refractivity contribution in [3.63, 3.8) is 0 Å². The molecule has 0 radical (unpaired) electrons. The summed E-state index contributed by atoms with van der Waals surface area (Å²) in [6, 6.07) is 2.10. The Kier molecular flexibility index (Phi) is 3.34. The smallest absolute Gasteiger partial charge is 0.387 e. The standard InChI is InChI=1S/C7H3F4IO/c8-5-3(12)1-2-4(6(5)9)13-7(10)11/h1-2,7H. The monoisotopic (exact) mass is 306 g/mol. The van der Waals surface area contributed by atoms with Crippen molar-refractivity contribution in [2.24, 2.45) is 0 Å². The fraction of sp³-hybridized carbons (Fsp3) is 0.143. The highest BCUT2D eigenvalue weighted by Gasteiger charge is 2.15. The molecule has 1 nitrogen and oxygen atoms in total. The zero-order valence-corrected chi connectivity index (χ0v) is 8.19. The third kappa shape index (κ3) is 2.45. The van der Waals surface area contributed by atoms with Gasteiger partial charge in [0.25, 0.3) is 0 Å². The molecule has 0 fully saturated rings. The molecule has 1 aromatic carbocycles. The van der Waals surface area contributed by atoms with Crippen LogP contribution in [0.1, 0.15) is 0 Å². The highest BCUT2D eigenvalue weighted by molar-refractivity contribution is 14.1. The molecule has 72 valence electrons. The molecule has 0 amide bonds. The van der Waals surface area contributed by atoms with Gasteiger partial charge in [0.1, 0.15) is 0 Å². The lowest BCUT2D eigenvalue weighted by Gasteiger charge is -2.06. The minimum atomic E-state index is -3.16. The molecule has 1 rings (SSSR count). The Hall–Kier alpha value is -0.530. The Morgan fingerprint density at radius 2 is 1.77 bits per heavy atom. The number of hydrogen-bond donors (Lipinski definition) is 0. The van der Waals surface area contributed by atoms with Crippen LogP contribution in [0.2, 0.25) is 0 Å². The molecule has 0 saturated heterocycles. The molecule has 0 spiro atoms. The molecular formula is C7H3F4IO. The summed E-state index contributed by atoms with van der Waals surface area (Å²) >= 11 is 1.54. The molecule has 0 bridgehead atoms. The van der Waals surface area contributed by atoms with Crippen molar-refractivity contribution >= 4 is 22.6 Å². The summed E-state index contributed by atoms with van der Waals surface area (Å²) in [7, 11) is 0. The van der Waals surface area contributed by atoms with Crippen LogP contribution in [-0.2, 0) is 0 Å². The van der Waals surface area contributed by atoms with Gasteiger partial charge in [-0.1, -0.05) is 0 Å². The number of halogens is 5. The van der Waals surface area contributed by atoms with E-state index in [1.54, 1.807) is 22.6 Å². The van der Waals surface area contributed by atoms with Gasteiger partial charge in [-0.3, -0.25) is 0 Å². The molecule has 0 N–H and O–H groups in total. The van der Waals surface area contributed by atoms with Gasteiger partial charge in [0.2, 0.25) is 5.82 Å². The quantitative estimate of drug-likeness (QED) is 0.463. The lowest BCUT2D eigenvalue weighted by molar-refractivity contribution is -0.0525. The zero-order chi connectivity index (χ0) is 10.0. The molecule has 0 unspecified atom stereocenters. The molecule has 0 aliphatic carbocycles. The molecule has 6 heteroatoms. The lowest BCUT2D eigenvalue weighted by atomic mass is 10.3. The summed E-state index contributed by atoms with van der Waals surface area (Å²) in [6.45, 7) is -3.16. The van der Waals surface area contributed by atoms with Crippen molar-refractivity contribution in [2.45, 2.75) is 6.61 Å². The average Bonchev–Trinajstić information content (AvgIpc) is 2.06. The van der Waals surface area contributed by atoms with Gasteiger partial charge >= 0.3 is 6.61 Å². The SMILES string of the molecule is Fc1c(I)ccc(OC(F)F)c1F. The topological polar surface area (TPSA) is 9.23 Å². The second-order valence-corrected chi connectivity index (χ2v) is 3.21. The van der Waals surface area contributed by atoms with Crippen LogP contribution < -0.4 is 4.74 Å². The summed E-state index contributed by atoms with van der Waals surface area (Å²) in [5.41, 5.74) is 0. The van der Waals surface area contributed by atoms with E-state index in [1.807, 2.05) is 0 Å². The van der Waals surface area contributed by atoms with Crippen LogP contribution in [-0.4, -0.2) is 6.61 Å². The maximum atomic E-state index is 12.8. The van der Waals surface area contributed by atoms with Gasteiger partial charge in [0, 0.05) is 0 Å². The molecule has 0 heterocycles. The van der Waals surface area contributed by atoms with Crippen molar-refractivity contribution in [1.82, 2.24) is 0 Å². The summed E-state index contributed by atoms with van der Waals surface area (Å²) in [5.74, 6) is -3.36. The first kappa shape index (κ1) is 10.6. The van der Waals surface area contributed by atoms with Crippen LogP contribution in [0.4, 0.5) is 17.6 Å². The Bertz CT molecular complexity index is 316. The fourth-order valence-corrected chi connectivity index (χ4v) is 1.11. The fourth-order valence-electron chi connectivity index (χ4n) is 0.695. The summed E-state index contributed by atoms with van der Waals surface area (Å²) in [4.78, 5) is 0. The van der Waals surface area contributed by atoms with Crippen molar-refractivity contribution in [2.75, 3.05) is 0 Å². The van der Waals surface area contributed by atoms with E-state index in [0.717, 1.165) is 12.1 Å². The highest BCUT2D eigenvalue weighted by Crippen LogP contribution is 2.24. The highest BCUT2D eigenvalue weighted by atomic mass is 127. The number of benzene rings is 1. The minimum absolute atomic E-state index is 0.0108. The third-order valence-electron chi connectivity index (χ3n) is 1.22. The molecule has 0 aliphatic rings. The maximum absolute atomic E-state index is 12.8. The Labute approximate surface area is 84.8 Å². The van der Waals surface area contributed by atoms with E-state index in [0.29, 0.717) is 0 Å². The van der Waals surface area contributed by atoms with E-state index in [1.165, 1.54) is 0 Å². The number of rotatable bonds is 2. The van der Waals surface area contributed by atoms with Gasteiger partial charge in [-0.2, -0.15) is 13.2 Å². The van der Waals surface area contributed by atoms with Crippen LogP contribution in [0.15, 0.2) is 12.1 Å². The maximum Gasteiger partial charge on any atom is 0.387 e. The third-order valence-corrected chi connectivity index (χ3v) is 2.05. The first-order valence-electron chi connectivity index (χ1n) is 3.10. The van der Waals surface area contributed by atoms with Crippen molar-refractivity contribution in [1.29, 1.82) is 0 Å². The summed E-state index contributed by atoms with van der Waals surface area (Å²) in [5, 5.41) is 0. The Morgan fingerprint density at radius 1 is 1.15 bits per heavy atom. The predicted molar refractivity (Wildman–Crippen MR) is 45.7 cm³/mol. The second-order valence-electron chi connectivity index (χ2n) is 2.05. The van der Waals surface area contributed by atoms with E-state index in [-0.39, 0.29) is 3.57 Å². The van der Waals surface area contributed by atoms with Crippen LogP contribution in [0.5, 0.6) is 5.75 Å². The van der Waals surface area contributed by atoms with E-state index >= 15 is 0 Å². The number of hydrogen-bond acceptors (Lipinski definition) is 1. The molecule has 0 saturated carbocycles. The van der Waals surface area contributed by atoms with E-state index < -0.39 is 24.0 Å². The first-order chi connectivity index (χ1) is 6.02. The molecule has 13 heavy (non-hydrogen) atoms. The van der Waals surface area contributed by atoms with Gasteiger partial charge in [0.05, 0.1) is 3.57 Å². The summed E-state index contributed by atoms with van der Waals surface area (Å²) < 4.78 is 52.5. The normalized spacial score (nSPS) is 10.6.